The molecule has 1 heterocycles. The van der Waals surface area contributed by atoms with Crippen LogP contribution < -0.4 is 10.1 Å². The van der Waals surface area contributed by atoms with Gasteiger partial charge in [0.15, 0.2) is 0 Å². The molecule has 18 heavy (non-hydrogen) atoms. The zero-order chi connectivity index (χ0) is 13.4. The molecule has 0 aromatic heterocycles. The van der Waals surface area contributed by atoms with Crippen molar-refractivity contribution >= 4 is 0 Å². The van der Waals surface area contributed by atoms with Gasteiger partial charge in [0.2, 0.25) is 0 Å². The molecule has 0 radical (unpaired) electrons. The molecule has 1 atom stereocenters. The van der Waals surface area contributed by atoms with E-state index in [0.717, 1.165) is 17.9 Å². The number of hydrogen-bond acceptors (Lipinski definition) is 3. The van der Waals surface area contributed by atoms with Crippen LogP contribution in [0.4, 0.5) is 0 Å². The van der Waals surface area contributed by atoms with Crippen molar-refractivity contribution in [3.05, 3.63) is 29.3 Å². The molecule has 2 rings (SSSR count). The van der Waals surface area contributed by atoms with Crippen LogP contribution in [0.5, 0.6) is 5.75 Å². The Morgan fingerprint density at radius 1 is 1.28 bits per heavy atom. The minimum absolute atomic E-state index is 0.0383. The van der Waals surface area contributed by atoms with Crippen LogP contribution >= 0.6 is 0 Å². The van der Waals surface area contributed by atoms with Gasteiger partial charge in [0, 0.05) is 17.6 Å². The van der Waals surface area contributed by atoms with Crippen LogP contribution in [0.25, 0.3) is 0 Å². The minimum Gasteiger partial charge on any atom is -0.496 e. The van der Waals surface area contributed by atoms with Gasteiger partial charge in [-0.3, -0.25) is 0 Å². The van der Waals surface area contributed by atoms with E-state index in [4.69, 9.17) is 9.47 Å². The van der Waals surface area contributed by atoms with Crippen LogP contribution in [0.3, 0.4) is 0 Å². The van der Waals surface area contributed by atoms with Crippen LogP contribution in [0.15, 0.2) is 18.2 Å². The van der Waals surface area contributed by atoms with E-state index in [2.05, 4.69) is 45.1 Å². The van der Waals surface area contributed by atoms with Gasteiger partial charge >= 0.3 is 0 Å². The van der Waals surface area contributed by atoms with Gasteiger partial charge in [-0.15, -0.1) is 0 Å². The van der Waals surface area contributed by atoms with Crippen molar-refractivity contribution in [2.75, 3.05) is 20.3 Å². The van der Waals surface area contributed by atoms with Crippen molar-refractivity contribution < 1.29 is 9.47 Å². The number of nitrogens with one attached hydrogen (secondary N) is 1. The first kappa shape index (κ1) is 13.4. The number of methoxy groups -OCH3 is 1. The Balaban J connectivity index is 2.33. The fourth-order valence-corrected chi connectivity index (χ4v) is 2.26. The van der Waals surface area contributed by atoms with Gasteiger partial charge in [0.25, 0.3) is 0 Å². The second-order valence-electron chi connectivity index (χ2n) is 5.96. The largest absolute Gasteiger partial charge is 0.496 e. The number of rotatable bonds is 2. The van der Waals surface area contributed by atoms with Gasteiger partial charge in [-0.05, 0) is 39.8 Å². The first-order chi connectivity index (χ1) is 8.36. The van der Waals surface area contributed by atoms with Crippen LogP contribution in [-0.2, 0) is 10.3 Å². The lowest BCUT2D eigenvalue weighted by Crippen LogP contribution is -2.56. The quantitative estimate of drug-likeness (QED) is 0.874. The van der Waals surface area contributed by atoms with E-state index in [9.17, 15) is 0 Å². The number of aryl methyl sites for hydroxylation is 1. The molecule has 1 aliphatic heterocycles. The zero-order valence-corrected chi connectivity index (χ0v) is 12.0. The van der Waals surface area contributed by atoms with Crippen molar-refractivity contribution in [3.63, 3.8) is 0 Å². The number of morpholine rings is 1. The summed E-state index contributed by atoms with van der Waals surface area (Å²) in [6.07, 6.45) is 0. The fraction of sp³-hybridized carbons (Fsp3) is 0.600. The Hall–Kier alpha value is -1.06. The normalized spacial score (nSPS) is 26.9. The first-order valence-corrected chi connectivity index (χ1v) is 6.40. The van der Waals surface area contributed by atoms with E-state index >= 15 is 0 Å². The van der Waals surface area contributed by atoms with Crippen LogP contribution in [0, 0.1) is 6.92 Å². The van der Waals surface area contributed by atoms with E-state index < -0.39 is 0 Å². The molecule has 1 aliphatic rings. The summed E-state index contributed by atoms with van der Waals surface area (Å²) in [5, 5.41) is 3.54. The lowest BCUT2D eigenvalue weighted by atomic mass is 9.89. The molecule has 100 valence electrons. The Kier molecular flexibility index (Phi) is 3.39. The van der Waals surface area contributed by atoms with Crippen molar-refractivity contribution in [2.45, 2.75) is 38.8 Å². The average molecular weight is 249 g/mol. The van der Waals surface area contributed by atoms with Crippen molar-refractivity contribution in [1.29, 1.82) is 0 Å². The molecule has 1 N–H and O–H groups in total. The molecule has 3 nitrogen and oxygen atoms in total. The predicted octanol–water partition coefficient (Wildman–Crippen LogP) is 2.62. The molecule has 1 aromatic carbocycles. The van der Waals surface area contributed by atoms with Crippen LogP contribution in [0.2, 0.25) is 0 Å². The number of hydrogen-bond donors (Lipinski definition) is 1. The summed E-state index contributed by atoms with van der Waals surface area (Å²) in [5.74, 6) is 0.893. The third-order valence-corrected chi connectivity index (χ3v) is 3.58. The fourth-order valence-electron chi connectivity index (χ4n) is 2.26. The molecule has 1 aromatic rings. The summed E-state index contributed by atoms with van der Waals surface area (Å²) >= 11 is 0. The molecule has 1 saturated heterocycles. The molecule has 0 amide bonds. The van der Waals surface area contributed by atoms with Gasteiger partial charge in [-0.25, -0.2) is 0 Å². The summed E-state index contributed by atoms with van der Waals surface area (Å²) in [5.41, 5.74) is 2.05. The summed E-state index contributed by atoms with van der Waals surface area (Å²) in [6.45, 7) is 10.00. The molecule has 0 bridgehead atoms. The van der Waals surface area contributed by atoms with Gasteiger partial charge in [-0.1, -0.05) is 11.6 Å². The SMILES string of the molecule is COc1ccc(C)cc1C1(C)CNC(C)(C)CO1. The lowest BCUT2D eigenvalue weighted by molar-refractivity contribution is -0.0959. The van der Waals surface area contributed by atoms with E-state index in [-0.39, 0.29) is 11.1 Å². The molecule has 3 heteroatoms. The van der Waals surface area contributed by atoms with Crippen molar-refractivity contribution in [1.82, 2.24) is 5.32 Å². The number of benzene rings is 1. The zero-order valence-electron chi connectivity index (χ0n) is 12.0. The maximum atomic E-state index is 6.12. The van der Waals surface area contributed by atoms with Gasteiger partial charge in [-0.2, -0.15) is 0 Å². The Morgan fingerprint density at radius 2 is 2.00 bits per heavy atom. The minimum atomic E-state index is -0.327. The highest BCUT2D eigenvalue weighted by Gasteiger charge is 2.38. The second kappa shape index (κ2) is 4.56. The monoisotopic (exact) mass is 249 g/mol. The molecule has 0 saturated carbocycles. The predicted molar refractivity (Wildman–Crippen MR) is 73.1 cm³/mol. The van der Waals surface area contributed by atoms with E-state index in [1.807, 2.05) is 6.07 Å². The van der Waals surface area contributed by atoms with Crippen LogP contribution in [-0.4, -0.2) is 25.8 Å². The van der Waals surface area contributed by atoms with Crippen molar-refractivity contribution in [3.8, 4) is 5.75 Å². The summed E-state index contributed by atoms with van der Waals surface area (Å²) in [7, 11) is 1.71. The highest BCUT2D eigenvalue weighted by atomic mass is 16.5. The maximum Gasteiger partial charge on any atom is 0.125 e. The Morgan fingerprint density at radius 3 is 2.56 bits per heavy atom. The molecular formula is C15H23NO2. The molecule has 1 unspecified atom stereocenters. The third-order valence-electron chi connectivity index (χ3n) is 3.58. The first-order valence-electron chi connectivity index (χ1n) is 6.40. The average Bonchev–Trinajstić information content (AvgIpc) is 2.33. The highest BCUT2D eigenvalue weighted by Crippen LogP contribution is 2.36. The standard InChI is InChI=1S/C15H23NO2/c1-11-6-7-13(17-5)12(8-11)15(4)9-16-14(2,3)10-18-15/h6-8,16H,9-10H2,1-5H3. The molecular weight excluding hydrogens is 226 g/mol. The molecule has 0 spiro atoms. The van der Waals surface area contributed by atoms with Crippen molar-refractivity contribution in [2.24, 2.45) is 0 Å². The van der Waals surface area contributed by atoms with Gasteiger partial charge in [0.05, 0.1) is 13.7 Å². The van der Waals surface area contributed by atoms with E-state index in [0.29, 0.717) is 6.61 Å². The smallest absolute Gasteiger partial charge is 0.125 e. The Labute approximate surface area is 109 Å². The topological polar surface area (TPSA) is 30.5 Å². The number of ether oxygens (including phenoxy) is 2. The summed E-state index contributed by atoms with van der Waals surface area (Å²) in [4.78, 5) is 0. The van der Waals surface area contributed by atoms with E-state index in [1.54, 1.807) is 7.11 Å². The Bertz CT molecular complexity index is 430. The summed E-state index contributed by atoms with van der Waals surface area (Å²) < 4.78 is 11.6. The highest BCUT2D eigenvalue weighted by molar-refractivity contribution is 5.41. The van der Waals surface area contributed by atoms with E-state index in [1.165, 1.54) is 5.56 Å². The summed E-state index contributed by atoms with van der Waals surface area (Å²) in [6, 6.07) is 6.23. The molecule has 0 aliphatic carbocycles. The van der Waals surface area contributed by atoms with Gasteiger partial charge in [0.1, 0.15) is 11.4 Å². The third kappa shape index (κ3) is 2.52. The molecule has 1 fully saturated rings. The second-order valence-corrected chi connectivity index (χ2v) is 5.96. The maximum absolute atomic E-state index is 6.12. The lowest BCUT2D eigenvalue weighted by Gasteiger charge is -2.43. The van der Waals surface area contributed by atoms with Crippen LogP contribution in [0.1, 0.15) is 31.9 Å². The van der Waals surface area contributed by atoms with Gasteiger partial charge < -0.3 is 14.8 Å².